The third kappa shape index (κ3) is 13.4. The van der Waals surface area contributed by atoms with Gasteiger partial charge in [0.2, 0.25) is 0 Å². The zero-order valence-corrected chi connectivity index (χ0v) is 13.9. The Balaban J connectivity index is 0.000000567. The van der Waals surface area contributed by atoms with E-state index in [-0.39, 0.29) is 11.6 Å². The molecule has 0 aromatic heterocycles. The van der Waals surface area contributed by atoms with Crippen molar-refractivity contribution in [2.45, 2.75) is 39.2 Å². The highest BCUT2D eigenvalue weighted by Gasteiger charge is 2.04. The second kappa shape index (κ2) is 11.3. The SMILES string of the molecule is COC(=O)CNCCCc1ccccc1.COC(C)(C)C. The molecule has 0 spiro atoms. The van der Waals surface area contributed by atoms with E-state index in [1.54, 1.807) is 7.11 Å². The molecular formula is C17H29NO3. The summed E-state index contributed by atoms with van der Waals surface area (Å²) in [5.41, 5.74) is 1.37. The number of hydrogen-bond donors (Lipinski definition) is 1. The van der Waals surface area contributed by atoms with Crippen LogP contribution in [0.25, 0.3) is 0 Å². The monoisotopic (exact) mass is 295 g/mol. The molecule has 21 heavy (non-hydrogen) atoms. The van der Waals surface area contributed by atoms with E-state index in [0.29, 0.717) is 6.54 Å². The van der Waals surface area contributed by atoms with Crippen molar-refractivity contribution < 1.29 is 14.3 Å². The predicted molar refractivity (Wildman–Crippen MR) is 86.4 cm³/mol. The molecule has 0 heterocycles. The van der Waals surface area contributed by atoms with Crippen LogP contribution in [0.5, 0.6) is 0 Å². The van der Waals surface area contributed by atoms with Crippen LogP contribution in [0.4, 0.5) is 0 Å². The Bertz CT molecular complexity index is 371. The fourth-order valence-corrected chi connectivity index (χ4v) is 1.32. The Kier molecular flexibility index (Phi) is 10.5. The van der Waals surface area contributed by atoms with Crippen molar-refractivity contribution in [3.63, 3.8) is 0 Å². The molecule has 0 saturated heterocycles. The Hall–Kier alpha value is -1.39. The highest BCUT2D eigenvalue weighted by atomic mass is 16.5. The van der Waals surface area contributed by atoms with Gasteiger partial charge in [-0.1, -0.05) is 30.3 Å². The maximum absolute atomic E-state index is 10.8. The molecule has 0 radical (unpaired) electrons. The molecule has 120 valence electrons. The zero-order chi connectivity index (χ0) is 16.1. The lowest BCUT2D eigenvalue weighted by atomic mass is 10.1. The molecule has 0 amide bonds. The number of benzene rings is 1. The summed E-state index contributed by atoms with van der Waals surface area (Å²) >= 11 is 0. The van der Waals surface area contributed by atoms with Crippen molar-refractivity contribution in [1.82, 2.24) is 5.32 Å². The van der Waals surface area contributed by atoms with Gasteiger partial charge in [-0.3, -0.25) is 4.79 Å². The van der Waals surface area contributed by atoms with Crippen LogP contribution in [0, 0.1) is 0 Å². The topological polar surface area (TPSA) is 47.6 Å². The smallest absolute Gasteiger partial charge is 0.319 e. The van der Waals surface area contributed by atoms with Crippen LogP contribution in [-0.4, -0.2) is 38.9 Å². The molecule has 1 N–H and O–H groups in total. The maximum atomic E-state index is 10.8. The molecule has 1 aromatic carbocycles. The van der Waals surface area contributed by atoms with Gasteiger partial charge in [-0.25, -0.2) is 0 Å². The summed E-state index contributed by atoms with van der Waals surface area (Å²) in [6, 6.07) is 10.3. The Morgan fingerprint density at radius 1 is 1.14 bits per heavy atom. The third-order valence-electron chi connectivity index (χ3n) is 2.77. The lowest BCUT2D eigenvalue weighted by Crippen LogP contribution is -2.25. The molecule has 0 bridgehead atoms. The van der Waals surface area contributed by atoms with E-state index in [0.717, 1.165) is 19.4 Å². The number of rotatable bonds is 6. The number of ether oxygens (including phenoxy) is 2. The number of hydrogen-bond acceptors (Lipinski definition) is 4. The van der Waals surface area contributed by atoms with Crippen LogP contribution in [-0.2, 0) is 20.7 Å². The Labute approximate surface area is 128 Å². The zero-order valence-electron chi connectivity index (χ0n) is 13.9. The lowest BCUT2D eigenvalue weighted by Gasteiger charge is -2.14. The minimum atomic E-state index is -0.213. The van der Waals surface area contributed by atoms with Gasteiger partial charge in [-0.15, -0.1) is 0 Å². The van der Waals surface area contributed by atoms with Crippen molar-refractivity contribution in [3.8, 4) is 0 Å². The number of carbonyl (C=O) groups is 1. The third-order valence-corrected chi connectivity index (χ3v) is 2.77. The summed E-state index contributed by atoms with van der Waals surface area (Å²) in [6.07, 6.45) is 2.07. The molecule has 0 aliphatic carbocycles. The van der Waals surface area contributed by atoms with Gasteiger partial charge >= 0.3 is 5.97 Å². The predicted octanol–water partition coefficient (Wildman–Crippen LogP) is 2.81. The fourth-order valence-electron chi connectivity index (χ4n) is 1.32. The highest BCUT2D eigenvalue weighted by Crippen LogP contribution is 2.02. The van der Waals surface area contributed by atoms with E-state index in [1.807, 2.05) is 39.0 Å². The normalized spacial score (nSPS) is 10.5. The van der Waals surface area contributed by atoms with Crippen molar-refractivity contribution >= 4 is 5.97 Å². The lowest BCUT2D eigenvalue weighted by molar-refractivity contribution is -0.139. The first-order valence-corrected chi connectivity index (χ1v) is 7.25. The molecule has 0 aliphatic heterocycles. The highest BCUT2D eigenvalue weighted by molar-refractivity contribution is 5.71. The van der Waals surface area contributed by atoms with Gasteiger partial charge < -0.3 is 14.8 Å². The van der Waals surface area contributed by atoms with Gasteiger partial charge in [0, 0.05) is 7.11 Å². The number of esters is 1. The molecule has 0 aliphatic rings. The van der Waals surface area contributed by atoms with Gasteiger partial charge in [0.25, 0.3) is 0 Å². The van der Waals surface area contributed by atoms with E-state index < -0.39 is 0 Å². The molecule has 0 fully saturated rings. The van der Waals surface area contributed by atoms with Crippen molar-refractivity contribution in [1.29, 1.82) is 0 Å². The largest absolute Gasteiger partial charge is 0.468 e. The second-order valence-electron chi connectivity index (χ2n) is 5.66. The van der Waals surface area contributed by atoms with Crippen molar-refractivity contribution in [2.24, 2.45) is 0 Å². The average Bonchev–Trinajstić information content (AvgIpc) is 2.47. The summed E-state index contributed by atoms with van der Waals surface area (Å²) < 4.78 is 9.45. The summed E-state index contributed by atoms with van der Waals surface area (Å²) in [4.78, 5) is 10.8. The number of aryl methyl sites for hydroxylation is 1. The summed E-state index contributed by atoms with van der Waals surface area (Å²) in [5.74, 6) is -0.213. The van der Waals surface area contributed by atoms with E-state index in [2.05, 4.69) is 22.2 Å². The number of nitrogens with one attached hydrogen (secondary N) is 1. The van der Waals surface area contributed by atoms with Gasteiger partial charge in [0.1, 0.15) is 0 Å². The summed E-state index contributed by atoms with van der Waals surface area (Å²) in [5, 5.41) is 3.03. The number of methoxy groups -OCH3 is 2. The molecule has 0 unspecified atom stereocenters. The number of carbonyl (C=O) groups excluding carboxylic acids is 1. The Morgan fingerprint density at radius 2 is 1.71 bits per heavy atom. The minimum Gasteiger partial charge on any atom is -0.468 e. The van der Waals surface area contributed by atoms with E-state index >= 15 is 0 Å². The molecule has 0 saturated carbocycles. The molecule has 0 atom stereocenters. The molecule has 1 rings (SSSR count). The van der Waals surface area contributed by atoms with Crippen LogP contribution >= 0.6 is 0 Å². The van der Waals surface area contributed by atoms with Gasteiger partial charge in [-0.2, -0.15) is 0 Å². The van der Waals surface area contributed by atoms with Crippen LogP contribution in [0.1, 0.15) is 32.8 Å². The summed E-state index contributed by atoms with van der Waals surface area (Å²) in [7, 11) is 3.11. The van der Waals surface area contributed by atoms with Crippen LogP contribution < -0.4 is 5.32 Å². The molecule has 1 aromatic rings. The first kappa shape index (κ1) is 19.6. The van der Waals surface area contributed by atoms with E-state index in [1.165, 1.54) is 12.7 Å². The molecule has 4 heteroatoms. The van der Waals surface area contributed by atoms with Crippen molar-refractivity contribution in [2.75, 3.05) is 27.3 Å². The van der Waals surface area contributed by atoms with E-state index in [9.17, 15) is 4.79 Å². The summed E-state index contributed by atoms with van der Waals surface area (Å²) in [6.45, 7) is 7.20. The van der Waals surface area contributed by atoms with Gasteiger partial charge in [0.15, 0.2) is 0 Å². The van der Waals surface area contributed by atoms with Gasteiger partial charge in [-0.05, 0) is 45.7 Å². The first-order valence-electron chi connectivity index (χ1n) is 7.25. The average molecular weight is 295 g/mol. The standard InChI is InChI=1S/C12H17NO2.C5H12O/c1-15-12(14)10-13-9-5-8-11-6-3-2-4-7-11;1-5(2,3)6-4/h2-4,6-7,13H,5,8-10H2,1H3;1-4H3. The maximum Gasteiger partial charge on any atom is 0.319 e. The molecule has 4 nitrogen and oxygen atoms in total. The van der Waals surface area contributed by atoms with E-state index in [4.69, 9.17) is 4.74 Å². The van der Waals surface area contributed by atoms with Gasteiger partial charge in [0.05, 0.1) is 19.3 Å². The minimum absolute atomic E-state index is 0.0417. The Morgan fingerprint density at radius 3 is 2.19 bits per heavy atom. The van der Waals surface area contributed by atoms with Crippen LogP contribution in [0.15, 0.2) is 30.3 Å². The fraction of sp³-hybridized carbons (Fsp3) is 0.588. The quantitative estimate of drug-likeness (QED) is 0.647. The second-order valence-corrected chi connectivity index (χ2v) is 5.66. The molecular weight excluding hydrogens is 266 g/mol. The van der Waals surface area contributed by atoms with Crippen LogP contribution in [0.2, 0.25) is 0 Å². The van der Waals surface area contributed by atoms with Crippen molar-refractivity contribution in [3.05, 3.63) is 35.9 Å². The van der Waals surface area contributed by atoms with Crippen LogP contribution in [0.3, 0.4) is 0 Å². The first-order chi connectivity index (χ1) is 9.89.